The molecule has 0 bridgehead atoms. The molecule has 0 saturated carbocycles. The highest BCUT2D eigenvalue weighted by Crippen LogP contribution is 2.40. The van der Waals surface area contributed by atoms with Crippen molar-refractivity contribution < 1.29 is 19.5 Å². The minimum Gasteiger partial charge on any atom is -0.507 e. The van der Waals surface area contributed by atoms with Crippen LogP contribution in [0.5, 0.6) is 5.75 Å². The number of amides is 1. The molecule has 1 aliphatic rings. The van der Waals surface area contributed by atoms with Crippen LogP contribution in [0.2, 0.25) is 0 Å². The molecule has 5 rings (SSSR count). The third-order valence-electron chi connectivity index (χ3n) is 8.70. The highest BCUT2D eigenvalue weighted by Gasteiger charge is 2.46. The minimum absolute atomic E-state index is 0.00705. The highest BCUT2D eigenvalue weighted by molar-refractivity contribution is 6.30. The Morgan fingerprint density at radius 1 is 0.844 bits per heavy atom. The Kier molecular flexibility index (Phi) is 8.01. The molecule has 1 atom stereocenters. The molecule has 1 unspecified atom stereocenters. The van der Waals surface area contributed by atoms with Crippen LogP contribution in [0.3, 0.4) is 0 Å². The van der Waals surface area contributed by atoms with E-state index in [0.717, 1.165) is 27.6 Å². The molecule has 45 heavy (non-hydrogen) atoms. The molecule has 0 spiro atoms. The van der Waals surface area contributed by atoms with Gasteiger partial charge in [-0.15, -0.1) is 0 Å². The van der Waals surface area contributed by atoms with Gasteiger partial charge in [0.05, 0.1) is 22.5 Å². The number of Topliss-reactive ketones (excluding diaryl/α,β-unsaturated/α-hetero) is 1. The predicted molar refractivity (Wildman–Crippen MR) is 182 cm³/mol. The zero-order valence-corrected chi connectivity index (χ0v) is 27.9. The second kappa shape index (κ2) is 11.2. The third kappa shape index (κ3) is 6.28. The van der Waals surface area contributed by atoms with Gasteiger partial charge in [0, 0.05) is 17.4 Å². The van der Waals surface area contributed by atoms with E-state index < -0.39 is 5.92 Å². The van der Waals surface area contributed by atoms with Crippen LogP contribution >= 0.6 is 0 Å². The highest BCUT2D eigenvalue weighted by atomic mass is 16.3. The number of aryl methyl sites for hydroxylation is 1. The molecule has 3 aromatic carbocycles. The van der Waals surface area contributed by atoms with Crippen LogP contribution in [-0.4, -0.2) is 32.4 Å². The molecule has 234 valence electrons. The van der Waals surface area contributed by atoms with E-state index >= 15 is 0 Å². The molecule has 0 radical (unpaired) electrons. The van der Waals surface area contributed by atoms with Gasteiger partial charge in [0.1, 0.15) is 5.75 Å². The van der Waals surface area contributed by atoms with Gasteiger partial charge >= 0.3 is 5.78 Å². The number of anilines is 1. The number of ketones is 2. The maximum Gasteiger partial charge on any atom is 0.341 e. The van der Waals surface area contributed by atoms with Crippen molar-refractivity contribution in [3.8, 4) is 5.75 Å². The van der Waals surface area contributed by atoms with Crippen LogP contribution in [0.15, 0.2) is 60.7 Å². The summed E-state index contributed by atoms with van der Waals surface area (Å²) in [5, 5.41) is 14.9. The number of aromatic hydroxyl groups is 1. The summed E-state index contributed by atoms with van der Waals surface area (Å²) in [5.41, 5.74) is 5.74. The lowest BCUT2D eigenvalue weighted by Gasteiger charge is -2.28. The van der Waals surface area contributed by atoms with Crippen LogP contribution in [0.25, 0.3) is 10.9 Å². The number of phenolic OH excluding ortho intramolecular Hbond substituents is 1. The zero-order valence-electron chi connectivity index (χ0n) is 27.9. The van der Waals surface area contributed by atoms with Crippen molar-refractivity contribution >= 4 is 34.1 Å². The number of fused-ring (bicyclic) bond motifs is 2. The Bertz CT molecular complexity index is 1810. The van der Waals surface area contributed by atoms with E-state index in [-0.39, 0.29) is 40.1 Å². The maximum atomic E-state index is 13.5. The van der Waals surface area contributed by atoms with Crippen molar-refractivity contribution in [2.45, 2.75) is 97.3 Å². The van der Waals surface area contributed by atoms with Gasteiger partial charge in [0.25, 0.3) is 0 Å². The molecule has 0 saturated heterocycles. The van der Waals surface area contributed by atoms with E-state index in [1.54, 1.807) is 18.2 Å². The number of phenols is 1. The quantitative estimate of drug-likeness (QED) is 0.177. The standard InChI is InChI=1S/C39H44N2O4/c1-37(2,3)24-15-16-25-26(21-24)35(44)32(34(25)43)29-17-14-23-11-10-12-30(33(23)41-29)40-31(42)18-13-22-19-27(38(4,5)6)36(45)28(20-22)39(7,8)9/h10-12,14-17,19-21,32,45H,13,18H2,1-9H3,(H,40,42)/p+1. The SMILES string of the molecule is CC(C)(C)c1ccc2c(c1)C(=[OH+])C(c1ccc3cccc(NC(=O)CCc4cc(C(C)(C)C)c(O)c(C(C)(C)C)c4)c3n1)C2=O. The van der Waals surface area contributed by atoms with Crippen molar-refractivity contribution in [3.63, 3.8) is 0 Å². The van der Waals surface area contributed by atoms with Gasteiger partial charge in [-0.25, -0.2) is 4.98 Å². The van der Waals surface area contributed by atoms with Crippen LogP contribution in [0, 0.1) is 0 Å². The van der Waals surface area contributed by atoms with Crippen LogP contribution in [-0.2, 0) is 27.5 Å². The van der Waals surface area contributed by atoms with Gasteiger partial charge in [0.2, 0.25) is 5.91 Å². The summed E-state index contributed by atoms with van der Waals surface area (Å²) in [7, 11) is 0. The van der Waals surface area contributed by atoms with Crippen molar-refractivity contribution in [1.29, 1.82) is 0 Å². The lowest BCUT2D eigenvalue weighted by atomic mass is 9.78. The molecular weight excluding hydrogens is 560 g/mol. The van der Waals surface area contributed by atoms with Gasteiger partial charge in [0.15, 0.2) is 11.7 Å². The first-order chi connectivity index (χ1) is 20.9. The number of carbonyl (C=O) groups excluding carboxylic acids is 3. The molecule has 0 aliphatic heterocycles. The van der Waals surface area contributed by atoms with Gasteiger partial charge in [-0.3, -0.25) is 14.4 Å². The van der Waals surface area contributed by atoms with Crippen molar-refractivity contribution in [1.82, 2.24) is 4.98 Å². The number of para-hydroxylation sites is 1. The molecule has 6 heteroatoms. The van der Waals surface area contributed by atoms with Crippen molar-refractivity contribution in [2.75, 3.05) is 5.32 Å². The number of benzene rings is 3. The second-order valence-electron chi connectivity index (χ2n) is 15.4. The Morgan fingerprint density at radius 3 is 2.09 bits per heavy atom. The zero-order chi connectivity index (χ0) is 33.1. The first-order valence-corrected chi connectivity index (χ1v) is 15.7. The summed E-state index contributed by atoms with van der Waals surface area (Å²) < 4.78 is 0. The van der Waals surface area contributed by atoms with Gasteiger partial charge in [-0.1, -0.05) is 105 Å². The first kappa shape index (κ1) is 32.1. The summed E-state index contributed by atoms with van der Waals surface area (Å²) in [4.78, 5) is 42.8. The summed E-state index contributed by atoms with van der Waals surface area (Å²) in [5.74, 6) is -0.914. The number of carbonyl (C=O) groups is 2. The lowest BCUT2D eigenvalue weighted by Crippen LogP contribution is -2.18. The summed E-state index contributed by atoms with van der Waals surface area (Å²) in [6.07, 6.45) is 0.755. The molecule has 1 amide bonds. The van der Waals surface area contributed by atoms with E-state index in [0.29, 0.717) is 40.2 Å². The van der Waals surface area contributed by atoms with E-state index in [2.05, 4.69) is 67.6 Å². The monoisotopic (exact) mass is 605 g/mol. The topological polar surface area (TPSA) is 101 Å². The van der Waals surface area contributed by atoms with Gasteiger partial charge < -0.3 is 10.4 Å². The minimum atomic E-state index is -0.896. The Labute approximate surface area is 266 Å². The Morgan fingerprint density at radius 2 is 1.49 bits per heavy atom. The Balaban J connectivity index is 1.40. The molecule has 4 aromatic rings. The second-order valence-corrected chi connectivity index (χ2v) is 15.4. The molecule has 3 N–H and O–H groups in total. The number of rotatable bonds is 5. The normalized spacial score (nSPS) is 15.4. The number of hydrogen-bond acceptors (Lipinski definition) is 4. The maximum absolute atomic E-state index is 13.5. The van der Waals surface area contributed by atoms with Gasteiger partial charge in [-0.05, 0) is 63.1 Å². The van der Waals surface area contributed by atoms with E-state index in [4.69, 9.17) is 4.98 Å². The first-order valence-electron chi connectivity index (χ1n) is 15.7. The van der Waals surface area contributed by atoms with Crippen LogP contribution < -0.4 is 5.32 Å². The summed E-state index contributed by atoms with van der Waals surface area (Å²) in [6, 6.07) is 18.9. The molecule has 1 aliphatic carbocycles. The van der Waals surface area contributed by atoms with E-state index in [1.165, 1.54) is 0 Å². The van der Waals surface area contributed by atoms with Gasteiger partial charge in [-0.2, -0.15) is 0 Å². The molecule has 1 aromatic heterocycles. The van der Waals surface area contributed by atoms with Crippen molar-refractivity contribution in [3.05, 3.63) is 99.7 Å². The number of nitrogens with zero attached hydrogens (tertiary/aromatic N) is 1. The van der Waals surface area contributed by atoms with E-state index in [9.17, 15) is 19.5 Å². The fourth-order valence-corrected chi connectivity index (χ4v) is 6.02. The fraction of sp³-hybridized carbons (Fsp3) is 0.385. The largest absolute Gasteiger partial charge is 0.507 e. The fourth-order valence-electron chi connectivity index (χ4n) is 6.02. The average Bonchev–Trinajstić information content (AvgIpc) is 3.19. The average molecular weight is 606 g/mol. The lowest BCUT2D eigenvalue weighted by molar-refractivity contribution is -0.116. The van der Waals surface area contributed by atoms with Crippen LogP contribution in [0.1, 0.15) is 119 Å². The summed E-state index contributed by atoms with van der Waals surface area (Å²) in [6.45, 7) is 18.7. The third-order valence-corrected chi connectivity index (χ3v) is 8.70. The number of hydrogen-bond donors (Lipinski definition) is 2. The van der Waals surface area contributed by atoms with Crippen LogP contribution in [0.4, 0.5) is 5.69 Å². The number of pyridine rings is 1. The molecule has 0 fully saturated rings. The number of aromatic nitrogens is 1. The smallest absolute Gasteiger partial charge is 0.341 e. The molecular formula is C39H45N2O4+. The Hall–Kier alpha value is -4.32. The summed E-state index contributed by atoms with van der Waals surface area (Å²) >= 11 is 0. The molecule has 6 nitrogen and oxygen atoms in total. The van der Waals surface area contributed by atoms with Crippen molar-refractivity contribution in [2.24, 2.45) is 0 Å². The number of nitrogens with one attached hydrogen (secondary N) is 1. The predicted octanol–water partition coefficient (Wildman–Crippen LogP) is 8.28. The van der Waals surface area contributed by atoms with E-state index in [1.807, 2.05) is 42.5 Å². The molecule has 1 heterocycles.